The first-order valence-corrected chi connectivity index (χ1v) is 7.56. The Morgan fingerprint density at radius 1 is 1.19 bits per heavy atom. The summed E-state index contributed by atoms with van der Waals surface area (Å²) < 4.78 is 0.888. The number of halogens is 1. The Labute approximate surface area is 131 Å². The summed E-state index contributed by atoms with van der Waals surface area (Å²) in [6.07, 6.45) is 2.48. The summed E-state index contributed by atoms with van der Waals surface area (Å²) in [5.74, 6) is 0.616. The van der Waals surface area contributed by atoms with E-state index in [4.69, 9.17) is 5.73 Å². The number of hydrogen-bond donors (Lipinski definition) is 1. The van der Waals surface area contributed by atoms with Gasteiger partial charge in [0, 0.05) is 34.2 Å². The maximum absolute atomic E-state index is 5.83. The number of benzene rings is 1. The van der Waals surface area contributed by atoms with E-state index in [1.165, 1.54) is 0 Å². The molecule has 0 aliphatic carbocycles. The van der Waals surface area contributed by atoms with E-state index in [0.717, 1.165) is 33.2 Å². The molecule has 0 saturated carbocycles. The molecule has 1 unspecified atom stereocenters. The third-order valence-corrected chi connectivity index (χ3v) is 3.74. The van der Waals surface area contributed by atoms with Gasteiger partial charge >= 0.3 is 0 Å². The summed E-state index contributed by atoms with van der Waals surface area (Å²) in [5.41, 5.74) is 8.44. The van der Waals surface area contributed by atoms with Crippen molar-refractivity contribution in [1.29, 1.82) is 0 Å². The predicted octanol–water partition coefficient (Wildman–Crippen LogP) is 3.34. The zero-order valence-corrected chi connectivity index (χ0v) is 13.2. The molecule has 2 heterocycles. The van der Waals surface area contributed by atoms with Crippen molar-refractivity contribution in [2.45, 2.75) is 19.4 Å². The van der Waals surface area contributed by atoms with Crippen LogP contribution in [0.4, 0.5) is 0 Å². The van der Waals surface area contributed by atoms with Crippen LogP contribution in [0.15, 0.2) is 47.1 Å². The number of fused-ring (bicyclic) bond motifs is 1. The van der Waals surface area contributed by atoms with Crippen LogP contribution < -0.4 is 5.73 Å². The Morgan fingerprint density at radius 2 is 2.00 bits per heavy atom. The van der Waals surface area contributed by atoms with Gasteiger partial charge in [0.05, 0.1) is 5.52 Å². The van der Waals surface area contributed by atoms with Gasteiger partial charge in [0.1, 0.15) is 5.69 Å². The van der Waals surface area contributed by atoms with Gasteiger partial charge in [-0.05, 0) is 41.1 Å². The molecule has 5 heteroatoms. The smallest absolute Gasteiger partial charge is 0.179 e. The monoisotopic (exact) mass is 342 g/mol. The summed E-state index contributed by atoms with van der Waals surface area (Å²) in [7, 11) is 0. The molecule has 0 aliphatic heterocycles. The number of aromatic nitrogens is 3. The second-order valence-corrected chi connectivity index (χ2v) is 5.92. The van der Waals surface area contributed by atoms with Gasteiger partial charge in [0.2, 0.25) is 0 Å². The van der Waals surface area contributed by atoms with Gasteiger partial charge in [-0.2, -0.15) is 0 Å². The van der Waals surface area contributed by atoms with Crippen molar-refractivity contribution in [1.82, 2.24) is 15.0 Å². The number of nitrogens with two attached hydrogens (primary N) is 1. The van der Waals surface area contributed by atoms with Crippen LogP contribution in [0.5, 0.6) is 0 Å². The average Bonchev–Trinajstić information content (AvgIpc) is 2.46. The van der Waals surface area contributed by atoms with Crippen molar-refractivity contribution in [3.8, 4) is 11.5 Å². The third kappa shape index (κ3) is 3.09. The van der Waals surface area contributed by atoms with Crippen LogP contribution in [0.2, 0.25) is 0 Å². The van der Waals surface area contributed by atoms with Crippen LogP contribution in [0.3, 0.4) is 0 Å². The fraction of sp³-hybridized carbons (Fsp3) is 0.188. The third-order valence-electron chi connectivity index (χ3n) is 3.13. The van der Waals surface area contributed by atoms with E-state index in [9.17, 15) is 0 Å². The Balaban J connectivity index is 2.09. The zero-order chi connectivity index (χ0) is 14.8. The van der Waals surface area contributed by atoms with E-state index in [1.807, 2.05) is 43.3 Å². The second-order valence-electron chi connectivity index (χ2n) is 5.06. The minimum Gasteiger partial charge on any atom is -0.328 e. The van der Waals surface area contributed by atoms with Gasteiger partial charge in [-0.25, -0.2) is 15.0 Å². The van der Waals surface area contributed by atoms with Crippen LogP contribution in [0, 0.1) is 0 Å². The standard InChI is InChI=1S/C16H15BrN4/c1-10(18)8-12-6-7-19-16(20-12)15-13(17)9-11-4-2-3-5-14(11)21-15/h2-7,9-10H,8,18H2,1H3. The lowest BCUT2D eigenvalue weighted by atomic mass is 10.2. The minimum absolute atomic E-state index is 0.0701. The van der Waals surface area contributed by atoms with E-state index in [0.29, 0.717) is 5.82 Å². The van der Waals surface area contributed by atoms with E-state index in [1.54, 1.807) is 6.20 Å². The highest BCUT2D eigenvalue weighted by atomic mass is 79.9. The molecule has 106 valence electrons. The molecule has 2 N–H and O–H groups in total. The maximum atomic E-state index is 5.83. The molecule has 1 atom stereocenters. The lowest BCUT2D eigenvalue weighted by molar-refractivity contribution is 0.720. The number of rotatable bonds is 3. The Kier molecular flexibility index (Phi) is 3.94. The topological polar surface area (TPSA) is 64.7 Å². The highest BCUT2D eigenvalue weighted by Gasteiger charge is 2.11. The first kappa shape index (κ1) is 14.1. The highest BCUT2D eigenvalue weighted by molar-refractivity contribution is 9.10. The van der Waals surface area contributed by atoms with Crippen LogP contribution in [-0.2, 0) is 6.42 Å². The fourth-order valence-corrected chi connectivity index (χ4v) is 2.71. The van der Waals surface area contributed by atoms with Gasteiger partial charge in [0.15, 0.2) is 5.82 Å². The van der Waals surface area contributed by atoms with E-state index < -0.39 is 0 Å². The van der Waals surface area contributed by atoms with Crippen LogP contribution in [-0.4, -0.2) is 21.0 Å². The molecular formula is C16H15BrN4. The van der Waals surface area contributed by atoms with E-state index in [2.05, 4.69) is 30.9 Å². The second kappa shape index (κ2) is 5.87. The van der Waals surface area contributed by atoms with Crippen molar-refractivity contribution < 1.29 is 0 Å². The summed E-state index contributed by atoms with van der Waals surface area (Å²) >= 11 is 3.56. The van der Waals surface area contributed by atoms with Gasteiger partial charge in [-0.1, -0.05) is 18.2 Å². The Hall–Kier alpha value is -1.85. The predicted molar refractivity (Wildman–Crippen MR) is 87.8 cm³/mol. The Bertz CT molecular complexity index is 786. The molecule has 0 bridgehead atoms. The highest BCUT2D eigenvalue weighted by Crippen LogP contribution is 2.27. The number of pyridine rings is 1. The molecule has 4 nitrogen and oxygen atoms in total. The van der Waals surface area contributed by atoms with Gasteiger partial charge in [-0.15, -0.1) is 0 Å². The fourth-order valence-electron chi connectivity index (χ4n) is 2.20. The molecule has 21 heavy (non-hydrogen) atoms. The lowest BCUT2D eigenvalue weighted by Gasteiger charge is -2.08. The van der Waals surface area contributed by atoms with Gasteiger partial charge in [-0.3, -0.25) is 0 Å². The van der Waals surface area contributed by atoms with Crippen LogP contribution in [0.25, 0.3) is 22.4 Å². The lowest BCUT2D eigenvalue weighted by Crippen LogP contribution is -2.18. The number of nitrogens with zero attached hydrogens (tertiary/aromatic N) is 3. The largest absolute Gasteiger partial charge is 0.328 e. The van der Waals surface area contributed by atoms with Crippen molar-refractivity contribution in [3.05, 3.63) is 52.8 Å². The van der Waals surface area contributed by atoms with Crippen LogP contribution >= 0.6 is 15.9 Å². The molecule has 2 aromatic heterocycles. The zero-order valence-electron chi connectivity index (χ0n) is 11.6. The van der Waals surface area contributed by atoms with E-state index in [-0.39, 0.29) is 6.04 Å². The SMILES string of the molecule is CC(N)Cc1ccnc(-c2nc3ccccc3cc2Br)n1. The number of para-hydroxylation sites is 1. The summed E-state index contributed by atoms with van der Waals surface area (Å²) in [5, 5.41) is 1.08. The van der Waals surface area contributed by atoms with E-state index >= 15 is 0 Å². The summed E-state index contributed by atoms with van der Waals surface area (Å²) in [4.78, 5) is 13.6. The summed E-state index contributed by atoms with van der Waals surface area (Å²) in [6, 6.07) is 12.0. The molecule has 0 aliphatic rings. The van der Waals surface area contributed by atoms with Crippen molar-refractivity contribution in [3.63, 3.8) is 0 Å². The molecule has 1 aromatic carbocycles. The molecule has 3 rings (SSSR count). The number of hydrogen-bond acceptors (Lipinski definition) is 4. The van der Waals surface area contributed by atoms with Crippen molar-refractivity contribution >= 4 is 26.8 Å². The minimum atomic E-state index is 0.0701. The van der Waals surface area contributed by atoms with Crippen LogP contribution in [0.1, 0.15) is 12.6 Å². The normalized spacial score (nSPS) is 12.5. The molecule has 0 radical (unpaired) electrons. The molecule has 0 fully saturated rings. The Morgan fingerprint density at radius 3 is 2.81 bits per heavy atom. The molecule has 0 saturated heterocycles. The molecule has 0 amide bonds. The summed E-state index contributed by atoms with van der Waals surface area (Å²) in [6.45, 7) is 1.96. The molecule has 3 aromatic rings. The molecule has 0 spiro atoms. The first-order valence-electron chi connectivity index (χ1n) is 6.76. The molecular weight excluding hydrogens is 328 g/mol. The average molecular weight is 343 g/mol. The first-order chi connectivity index (χ1) is 10.1. The van der Waals surface area contributed by atoms with Gasteiger partial charge < -0.3 is 5.73 Å². The quantitative estimate of drug-likeness (QED) is 0.792. The van der Waals surface area contributed by atoms with Gasteiger partial charge in [0.25, 0.3) is 0 Å². The van der Waals surface area contributed by atoms with Crippen molar-refractivity contribution in [2.24, 2.45) is 5.73 Å². The van der Waals surface area contributed by atoms with Crippen molar-refractivity contribution in [2.75, 3.05) is 0 Å². The maximum Gasteiger partial charge on any atom is 0.179 e.